The molecule has 7 heteroatoms. The molecule has 29 heavy (non-hydrogen) atoms. The number of esters is 2. The molecule has 0 bridgehead atoms. The van der Waals surface area contributed by atoms with Crippen LogP contribution in [-0.4, -0.2) is 32.3 Å². The fraction of sp³-hybridized carbons (Fsp3) is 0.182. The molecular formula is C22H19BrO5S. The average molecular weight is 475 g/mol. The van der Waals surface area contributed by atoms with Crippen molar-refractivity contribution in [1.82, 2.24) is 0 Å². The van der Waals surface area contributed by atoms with Gasteiger partial charge in [0.15, 0.2) is 17.2 Å². The Morgan fingerprint density at radius 1 is 1.00 bits per heavy atom. The van der Waals surface area contributed by atoms with Gasteiger partial charge in [-0.3, -0.25) is 0 Å². The summed E-state index contributed by atoms with van der Waals surface area (Å²) in [6, 6.07) is 18.0. The van der Waals surface area contributed by atoms with E-state index in [1.807, 2.05) is 54.6 Å². The molecule has 0 radical (unpaired) electrons. The number of methoxy groups -OCH3 is 1. The molecule has 0 saturated heterocycles. The highest BCUT2D eigenvalue weighted by molar-refractivity contribution is 9.10. The summed E-state index contributed by atoms with van der Waals surface area (Å²) in [6.07, 6.45) is 0. The topological polar surface area (TPSA) is 61.8 Å². The Balaban J connectivity index is 2.00. The highest BCUT2D eigenvalue weighted by Crippen LogP contribution is 2.46. The van der Waals surface area contributed by atoms with E-state index >= 15 is 0 Å². The first kappa shape index (κ1) is 21.1. The summed E-state index contributed by atoms with van der Waals surface area (Å²) in [5, 5.41) is 0. The van der Waals surface area contributed by atoms with Crippen LogP contribution in [0.25, 0.3) is 21.6 Å². The van der Waals surface area contributed by atoms with E-state index < -0.39 is 11.9 Å². The molecule has 0 aliphatic rings. The first-order valence-corrected chi connectivity index (χ1v) is 10.5. The highest BCUT2D eigenvalue weighted by atomic mass is 79.9. The molecule has 0 aliphatic carbocycles. The molecule has 3 aromatic rings. The minimum Gasteiger partial charge on any atom is -0.479 e. The number of halogens is 1. The Bertz CT molecular complexity index is 1010. The van der Waals surface area contributed by atoms with Crippen molar-refractivity contribution in [2.75, 3.05) is 20.3 Å². The molecule has 3 rings (SSSR count). The summed E-state index contributed by atoms with van der Waals surface area (Å²) in [4.78, 5) is 25.0. The van der Waals surface area contributed by atoms with Crippen LogP contribution in [0.1, 0.15) is 16.6 Å². The quantitative estimate of drug-likeness (QED) is 0.418. The minimum absolute atomic E-state index is 0.258. The zero-order valence-corrected chi connectivity index (χ0v) is 18.3. The van der Waals surface area contributed by atoms with Crippen LogP contribution in [0.2, 0.25) is 0 Å². The van der Waals surface area contributed by atoms with E-state index in [4.69, 9.17) is 14.2 Å². The molecule has 0 N–H and O–H groups in total. The molecule has 150 valence electrons. The molecule has 0 spiro atoms. The third-order valence-electron chi connectivity index (χ3n) is 4.05. The first-order valence-electron chi connectivity index (χ1n) is 8.90. The molecule has 0 amide bonds. The maximum absolute atomic E-state index is 12.3. The van der Waals surface area contributed by atoms with Gasteiger partial charge in [-0.1, -0.05) is 48.5 Å². The predicted molar refractivity (Wildman–Crippen MR) is 116 cm³/mol. The maximum Gasteiger partial charge on any atom is 0.351 e. The summed E-state index contributed by atoms with van der Waals surface area (Å²) < 4.78 is 16.0. The van der Waals surface area contributed by atoms with Gasteiger partial charge in [-0.15, -0.1) is 11.3 Å². The van der Waals surface area contributed by atoms with Gasteiger partial charge in [-0.05, 0) is 45.6 Å². The van der Waals surface area contributed by atoms with Gasteiger partial charge in [0.05, 0.1) is 23.1 Å². The van der Waals surface area contributed by atoms with E-state index in [2.05, 4.69) is 15.9 Å². The fourth-order valence-electron chi connectivity index (χ4n) is 2.74. The van der Waals surface area contributed by atoms with E-state index in [1.54, 1.807) is 6.92 Å². The number of hydrogen-bond donors (Lipinski definition) is 0. The van der Waals surface area contributed by atoms with Crippen LogP contribution in [0, 0.1) is 0 Å². The second-order valence-electron chi connectivity index (χ2n) is 5.94. The SMILES string of the molecule is CCOC(=O)COc1c(C(=O)OC)sc(-c2cccc(-c3ccccc3)c2)c1Br. The molecule has 5 nitrogen and oxygen atoms in total. The molecule has 0 aliphatic heterocycles. The van der Waals surface area contributed by atoms with Crippen LogP contribution in [0.5, 0.6) is 5.75 Å². The lowest BCUT2D eigenvalue weighted by atomic mass is 10.0. The van der Waals surface area contributed by atoms with Crippen LogP contribution in [-0.2, 0) is 14.3 Å². The first-order chi connectivity index (χ1) is 14.0. The zero-order chi connectivity index (χ0) is 20.8. The largest absolute Gasteiger partial charge is 0.479 e. The van der Waals surface area contributed by atoms with Crippen LogP contribution >= 0.6 is 27.3 Å². The molecule has 0 fully saturated rings. The van der Waals surface area contributed by atoms with Crippen molar-refractivity contribution in [3.8, 4) is 27.3 Å². The van der Waals surface area contributed by atoms with Gasteiger partial charge in [0.25, 0.3) is 0 Å². The second-order valence-corrected chi connectivity index (χ2v) is 7.75. The van der Waals surface area contributed by atoms with Gasteiger partial charge in [0, 0.05) is 0 Å². The lowest BCUT2D eigenvalue weighted by Gasteiger charge is -2.07. The zero-order valence-electron chi connectivity index (χ0n) is 15.9. The summed E-state index contributed by atoms with van der Waals surface area (Å²) in [5.74, 6) is -0.760. The number of carbonyl (C=O) groups is 2. The molecule has 2 aromatic carbocycles. The monoisotopic (exact) mass is 474 g/mol. The number of hydrogen-bond acceptors (Lipinski definition) is 6. The van der Waals surface area contributed by atoms with Crippen molar-refractivity contribution < 1.29 is 23.8 Å². The summed E-state index contributed by atoms with van der Waals surface area (Å²) in [5.41, 5.74) is 3.06. The Morgan fingerprint density at radius 3 is 2.38 bits per heavy atom. The number of benzene rings is 2. The highest BCUT2D eigenvalue weighted by Gasteiger charge is 2.25. The summed E-state index contributed by atoms with van der Waals surface area (Å²) in [7, 11) is 1.31. The van der Waals surface area contributed by atoms with E-state index in [9.17, 15) is 9.59 Å². The van der Waals surface area contributed by atoms with Crippen LogP contribution in [0.15, 0.2) is 59.1 Å². The molecule has 1 heterocycles. The molecular weight excluding hydrogens is 456 g/mol. The average Bonchev–Trinajstić information content (AvgIpc) is 3.09. The van der Waals surface area contributed by atoms with E-state index in [0.717, 1.165) is 21.6 Å². The number of ether oxygens (including phenoxy) is 3. The maximum atomic E-state index is 12.3. The molecule has 0 atom stereocenters. The summed E-state index contributed by atoms with van der Waals surface area (Å²) >= 11 is 4.77. The Kier molecular flexibility index (Phi) is 7.06. The molecule has 0 unspecified atom stereocenters. The van der Waals surface area contributed by atoms with Crippen molar-refractivity contribution in [3.05, 3.63) is 63.9 Å². The Labute approximate surface area is 181 Å². The predicted octanol–water partition coefficient (Wildman–Crippen LogP) is 5.57. The van der Waals surface area contributed by atoms with E-state index in [-0.39, 0.29) is 23.8 Å². The normalized spacial score (nSPS) is 10.4. The standard InChI is InChI=1S/C22H19BrO5S/c1-3-27-17(24)13-28-19-18(23)20(29-21(19)22(25)26-2)16-11-7-10-15(12-16)14-8-5-4-6-9-14/h4-12H,3,13H2,1-2H3. The van der Waals surface area contributed by atoms with E-state index in [1.165, 1.54) is 18.4 Å². The van der Waals surface area contributed by atoms with Crippen molar-refractivity contribution in [2.45, 2.75) is 6.92 Å². The van der Waals surface area contributed by atoms with Gasteiger partial charge in [0.2, 0.25) is 0 Å². The van der Waals surface area contributed by atoms with Crippen LogP contribution in [0.3, 0.4) is 0 Å². The van der Waals surface area contributed by atoms with Gasteiger partial charge in [0.1, 0.15) is 0 Å². The van der Waals surface area contributed by atoms with E-state index in [0.29, 0.717) is 4.47 Å². The van der Waals surface area contributed by atoms with Gasteiger partial charge in [-0.25, -0.2) is 9.59 Å². The van der Waals surface area contributed by atoms with Gasteiger partial charge >= 0.3 is 11.9 Å². The molecule has 1 aromatic heterocycles. The second kappa shape index (κ2) is 9.71. The Hall–Kier alpha value is -2.64. The Morgan fingerprint density at radius 2 is 1.69 bits per heavy atom. The van der Waals surface area contributed by atoms with Crippen molar-refractivity contribution in [1.29, 1.82) is 0 Å². The number of carbonyl (C=O) groups excluding carboxylic acids is 2. The smallest absolute Gasteiger partial charge is 0.351 e. The van der Waals surface area contributed by atoms with Crippen molar-refractivity contribution >= 4 is 39.2 Å². The summed E-state index contributed by atoms with van der Waals surface area (Å²) in [6.45, 7) is 1.68. The third kappa shape index (κ3) is 4.86. The molecule has 0 saturated carbocycles. The lowest BCUT2D eigenvalue weighted by Crippen LogP contribution is -2.15. The number of rotatable bonds is 7. The van der Waals surface area contributed by atoms with Gasteiger partial charge in [-0.2, -0.15) is 0 Å². The number of thiophene rings is 1. The van der Waals surface area contributed by atoms with Crippen molar-refractivity contribution in [3.63, 3.8) is 0 Å². The third-order valence-corrected chi connectivity index (χ3v) is 6.27. The van der Waals surface area contributed by atoms with Gasteiger partial charge < -0.3 is 14.2 Å². The van der Waals surface area contributed by atoms with Crippen LogP contribution in [0.4, 0.5) is 0 Å². The fourth-order valence-corrected chi connectivity index (χ4v) is 4.71. The lowest BCUT2D eigenvalue weighted by molar-refractivity contribution is -0.145. The minimum atomic E-state index is -0.528. The van der Waals surface area contributed by atoms with Crippen LogP contribution < -0.4 is 4.74 Å². The van der Waals surface area contributed by atoms with Crippen molar-refractivity contribution in [2.24, 2.45) is 0 Å².